The van der Waals surface area contributed by atoms with E-state index in [1.54, 1.807) is 0 Å². The normalized spacial score (nSPS) is 18.6. The largest absolute Gasteiger partial charge is 0.507 e. The van der Waals surface area contributed by atoms with Crippen LogP contribution in [-0.2, 0) is 9.59 Å². The molecule has 1 unspecified atom stereocenters. The van der Waals surface area contributed by atoms with E-state index in [0.717, 1.165) is 10.4 Å². The molecular weight excluding hydrogens is 394 g/mol. The van der Waals surface area contributed by atoms with Crippen molar-refractivity contribution in [1.29, 1.82) is 0 Å². The number of Topliss-reactive ketones (excluding diaryl/α,β-unsaturated/α-hetero) is 1. The number of likely N-dealkylation sites (tertiary alicyclic amines) is 1. The van der Waals surface area contributed by atoms with Crippen molar-refractivity contribution in [3.8, 4) is 0 Å². The average molecular weight is 415 g/mol. The van der Waals surface area contributed by atoms with E-state index in [1.165, 1.54) is 40.5 Å². The molecule has 0 spiro atoms. The van der Waals surface area contributed by atoms with Crippen molar-refractivity contribution in [3.05, 3.63) is 67.4 Å². The highest BCUT2D eigenvalue weighted by Crippen LogP contribution is 2.42. The molecule has 2 heterocycles. The van der Waals surface area contributed by atoms with Gasteiger partial charge in [-0.05, 0) is 50.2 Å². The van der Waals surface area contributed by atoms with Crippen LogP contribution in [0.1, 0.15) is 22.0 Å². The van der Waals surface area contributed by atoms with Crippen LogP contribution in [0.3, 0.4) is 0 Å². The maximum Gasteiger partial charge on any atom is 0.295 e. The fourth-order valence-electron chi connectivity index (χ4n) is 3.25. The molecule has 2 aromatic rings. The zero-order valence-electron chi connectivity index (χ0n) is 16.3. The van der Waals surface area contributed by atoms with Crippen molar-refractivity contribution in [2.24, 2.45) is 0 Å². The van der Waals surface area contributed by atoms with Gasteiger partial charge in [0.25, 0.3) is 17.4 Å². The Labute approximate surface area is 171 Å². The SMILES string of the molecule is Cc1ccsc1C1/C(=C(/O)c2ccc([N+](=O)[O-])cc2)C(=O)C(=O)N1CCN(C)C. The lowest BCUT2D eigenvalue weighted by atomic mass is 9.98. The molecule has 1 amide bonds. The number of rotatable bonds is 6. The Balaban J connectivity index is 2.12. The molecule has 1 fully saturated rings. The number of nitro benzene ring substituents is 1. The average Bonchev–Trinajstić information content (AvgIpc) is 3.20. The van der Waals surface area contributed by atoms with Crippen molar-refractivity contribution in [3.63, 3.8) is 0 Å². The summed E-state index contributed by atoms with van der Waals surface area (Å²) in [6, 6.07) is 6.46. The molecule has 29 heavy (non-hydrogen) atoms. The molecule has 1 aliphatic rings. The molecule has 9 heteroatoms. The number of nitrogens with zero attached hydrogens (tertiary/aromatic N) is 3. The monoisotopic (exact) mass is 415 g/mol. The minimum absolute atomic E-state index is 0.00755. The second-order valence-electron chi connectivity index (χ2n) is 7.07. The minimum atomic E-state index is -0.752. The van der Waals surface area contributed by atoms with Gasteiger partial charge in [-0.3, -0.25) is 19.7 Å². The Kier molecular flexibility index (Phi) is 5.81. The van der Waals surface area contributed by atoms with E-state index < -0.39 is 22.7 Å². The Bertz CT molecular complexity index is 994. The van der Waals surface area contributed by atoms with Crippen molar-refractivity contribution in [1.82, 2.24) is 9.80 Å². The van der Waals surface area contributed by atoms with Crippen molar-refractivity contribution < 1.29 is 19.6 Å². The smallest absolute Gasteiger partial charge is 0.295 e. The summed E-state index contributed by atoms with van der Waals surface area (Å²) in [5.41, 5.74) is 1.05. The number of aryl methyl sites for hydroxylation is 1. The third-order valence-corrected chi connectivity index (χ3v) is 5.90. The number of non-ortho nitro benzene ring substituents is 1. The first-order valence-corrected chi connectivity index (χ1v) is 9.82. The van der Waals surface area contributed by atoms with Crippen LogP contribution in [0.15, 0.2) is 41.3 Å². The molecule has 1 aromatic heterocycles. The number of thiophene rings is 1. The summed E-state index contributed by atoms with van der Waals surface area (Å²) < 4.78 is 0. The number of aliphatic hydroxyl groups is 1. The van der Waals surface area contributed by atoms with Gasteiger partial charge in [-0.2, -0.15) is 0 Å². The van der Waals surface area contributed by atoms with Gasteiger partial charge in [0.2, 0.25) is 0 Å². The number of amides is 1. The summed E-state index contributed by atoms with van der Waals surface area (Å²) in [6.45, 7) is 2.78. The highest BCUT2D eigenvalue weighted by molar-refractivity contribution is 7.10. The van der Waals surface area contributed by atoms with Gasteiger partial charge in [0.1, 0.15) is 5.76 Å². The number of nitro groups is 1. The number of aliphatic hydroxyl groups excluding tert-OH is 1. The zero-order chi connectivity index (χ0) is 21.3. The summed E-state index contributed by atoms with van der Waals surface area (Å²) in [7, 11) is 3.75. The predicted molar refractivity (Wildman–Crippen MR) is 110 cm³/mol. The lowest BCUT2D eigenvalue weighted by Crippen LogP contribution is -2.35. The van der Waals surface area contributed by atoms with Crippen LogP contribution in [0.4, 0.5) is 5.69 Å². The van der Waals surface area contributed by atoms with E-state index in [9.17, 15) is 24.8 Å². The third-order valence-electron chi connectivity index (χ3n) is 4.83. The van der Waals surface area contributed by atoms with Gasteiger partial charge in [-0.25, -0.2) is 0 Å². The number of benzene rings is 1. The molecule has 1 atom stereocenters. The molecule has 1 N–H and O–H groups in total. The van der Waals surface area contributed by atoms with Crippen molar-refractivity contribution >= 4 is 34.5 Å². The molecule has 1 aliphatic heterocycles. The number of likely N-dealkylation sites (N-methyl/N-ethyl adjacent to an activating group) is 1. The van der Waals surface area contributed by atoms with Gasteiger partial charge in [-0.15, -0.1) is 11.3 Å². The van der Waals surface area contributed by atoms with Gasteiger partial charge in [0, 0.05) is 35.7 Å². The zero-order valence-corrected chi connectivity index (χ0v) is 17.1. The van der Waals surface area contributed by atoms with Gasteiger partial charge in [0.05, 0.1) is 16.5 Å². The Morgan fingerprint density at radius 1 is 1.24 bits per heavy atom. The summed E-state index contributed by atoms with van der Waals surface area (Å²) in [5.74, 6) is -1.74. The summed E-state index contributed by atoms with van der Waals surface area (Å²) in [4.78, 5) is 40.1. The Hall–Kier alpha value is -3.04. The van der Waals surface area contributed by atoms with Crippen LogP contribution in [0.5, 0.6) is 0 Å². The lowest BCUT2D eigenvalue weighted by molar-refractivity contribution is -0.384. The van der Waals surface area contributed by atoms with Crippen molar-refractivity contribution in [2.75, 3.05) is 27.2 Å². The van der Waals surface area contributed by atoms with Gasteiger partial charge in [-0.1, -0.05) is 0 Å². The number of ketones is 1. The van der Waals surface area contributed by atoms with Gasteiger partial charge < -0.3 is 14.9 Å². The second kappa shape index (κ2) is 8.14. The Morgan fingerprint density at radius 2 is 1.90 bits per heavy atom. The standard InChI is InChI=1S/C20H21N3O5S/c1-12-8-11-29-19(12)16-15(18(25)20(26)22(16)10-9-21(2)3)17(24)13-4-6-14(7-5-13)23(27)28/h4-8,11,16,24H,9-10H2,1-3H3/b17-15-. The van der Waals surface area contributed by atoms with Gasteiger partial charge >= 0.3 is 0 Å². The van der Waals surface area contributed by atoms with E-state index >= 15 is 0 Å². The van der Waals surface area contributed by atoms with Crippen LogP contribution < -0.4 is 0 Å². The third kappa shape index (κ3) is 3.92. The highest BCUT2D eigenvalue weighted by atomic mass is 32.1. The first-order chi connectivity index (χ1) is 13.7. The van der Waals surface area contributed by atoms with Crippen LogP contribution in [-0.4, -0.2) is 58.7 Å². The maximum absolute atomic E-state index is 12.8. The molecule has 0 radical (unpaired) electrons. The number of carbonyl (C=O) groups is 2. The van der Waals surface area contributed by atoms with Crippen LogP contribution >= 0.6 is 11.3 Å². The summed E-state index contributed by atoms with van der Waals surface area (Å²) in [6.07, 6.45) is 0. The van der Waals surface area contributed by atoms with Crippen LogP contribution in [0.2, 0.25) is 0 Å². The first-order valence-electron chi connectivity index (χ1n) is 8.94. The molecule has 152 valence electrons. The van der Waals surface area contributed by atoms with Crippen molar-refractivity contribution in [2.45, 2.75) is 13.0 Å². The Morgan fingerprint density at radius 3 is 2.41 bits per heavy atom. The molecule has 0 bridgehead atoms. The summed E-state index contributed by atoms with van der Waals surface area (Å²) in [5, 5.41) is 23.6. The molecule has 0 saturated carbocycles. The van der Waals surface area contributed by atoms with E-state index in [0.29, 0.717) is 13.1 Å². The fourth-order valence-corrected chi connectivity index (χ4v) is 4.30. The molecule has 0 aliphatic carbocycles. The topological polar surface area (TPSA) is 104 Å². The predicted octanol–water partition coefficient (Wildman–Crippen LogP) is 2.95. The number of carbonyl (C=O) groups excluding carboxylic acids is 2. The lowest BCUT2D eigenvalue weighted by Gasteiger charge is -2.26. The quantitative estimate of drug-likeness (QED) is 0.256. The summed E-state index contributed by atoms with van der Waals surface area (Å²) >= 11 is 1.42. The fraction of sp³-hybridized carbons (Fsp3) is 0.300. The second-order valence-corrected chi connectivity index (χ2v) is 8.02. The first kappa shape index (κ1) is 20.7. The molecule has 1 saturated heterocycles. The minimum Gasteiger partial charge on any atom is -0.507 e. The van der Waals surface area contributed by atoms with E-state index in [4.69, 9.17) is 0 Å². The van der Waals surface area contributed by atoms with E-state index in [-0.39, 0.29) is 22.6 Å². The molecule has 3 rings (SSSR count). The van der Waals surface area contributed by atoms with E-state index in [2.05, 4.69) is 0 Å². The van der Waals surface area contributed by atoms with Gasteiger partial charge in [0.15, 0.2) is 0 Å². The molecule has 8 nitrogen and oxygen atoms in total. The molecular formula is C20H21N3O5S. The van der Waals surface area contributed by atoms with Crippen LogP contribution in [0.25, 0.3) is 5.76 Å². The number of hydrogen-bond donors (Lipinski definition) is 1. The molecule has 1 aromatic carbocycles. The van der Waals surface area contributed by atoms with E-state index in [1.807, 2.05) is 37.4 Å². The number of hydrogen-bond acceptors (Lipinski definition) is 7. The maximum atomic E-state index is 12.8. The van der Waals surface area contributed by atoms with Crippen LogP contribution in [0, 0.1) is 17.0 Å². The highest BCUT2D eigenvalue weighted by Gasteiger charge is 2.46.